The lowest BCUT2D eigenvalue weighted by molar-refractivity contribution is -0.121. The van der Waals surface area contributed by atoms with E-state index in [-0.39, 0.29) is 18.4 Å². The fourth-order valence-corrected chi connectivity index (χ4v) is 3.00. The third kappa shape index (κ3) is 4.21. The first-order valence-electron chi connectivity index (χ1n) is 8.28. The van der Waals surface area contributed by atoms with Gasteiger partial charge in [-0.05, 0) is 62.7 Å². The average molecular weight is 329 g/mol. The molecule has 2 aromatic rings. The molecule has 1 saturated heterocycles. The van der Waals surface area contributed by atoms with Crippen molar-refractivity contribution in [1.82, 2.24) is 9.88 Å². The molecule has 6 heteroatoms. The van der Waals surface area contributed by atoms with Crippen LogP contribution in [0.3, 0.4) is 0 Å². The summed E-state index contributed by atoms with van der Waals surface area (Å²) in [5.41, 5.74) is 1.08. The summed E-state index contributed by atoms with van der Waals surface area (Å²) in [6, 6.07) is 7.48. The maximum absolute atomic E-state index is 12.4. The second kappa shape index (κ2) is 7.59. The highest BCUT2D eigenvalue weighted by molar-refractivity contribution is 5.91. The molecule has 0 saturated carbocycles. The summed E-state index contributed by atoms with van der Waals surface area (Å²) in [5, 5.41) is 11.9. The molecule has 1 amide bonds. The van der Waals surface area contributed by atoms with Gasteiger partial charge in [-0.15, -0.1) is 0 Å². The van der Waals surface area contributed by atoms with Crippen LogP contribution >= 0.6 is 0 Å². The number of piperidine rings is 1. The van der Waals surface area contributed by atoms with Crippen LogP contribution in [0, 0.1) is 12.8 Å². The van der Waals surface area contributed by atoms with Gasteiger partial charge in [0.25, 0.3) is 0 Å². The Morgan fingerprint density at radius 3 is 2.75 bits per heavy atom. The molecule has 1 aliphatic rings. The number of carbonyl (C=O) groups excluding carboxylic acids is 1. The number of pyridine rings is 1. The Morgan fingerprint density at radius 2 is 2.08 bits per heavy atom. The van der Waals surface area contributed by atoms with Gasteiger partial charge in [0.15, 0.2) is 0 Å². The number of nitrogens with one attached hydrogen (secondary N) is 1. The predicted molar refractivity (Wildman–Crippen MR) is 90.2 cm³/mol. The van der Waals surface area contributed by atoms with Crippen molar-refractivity contribution in [1.29, 1.82) is 0 Å². The number of furan rings is 1. The van der Waals surface area contributed by atoms with Crippen molar-refractivity contribution in [3.63, 3.8) is 0 Å². The van der Waals surface area contributed by atoms with Crippen LogP contribution in [0.2, 0.25) is 0 Å². The fraction of sp³-hybridized carbons (Fsp3) is 0.444. The lowest BCUT2D eigenvalue weighted by Crippen LogP contribution is -2.37. The molecule has 24 heavy (non-hydrogen) atoms. The van der Waals surface area contributed by atoms with E-state index >= 15 is 0 Å². The Hall–Kier alpha value is -2.18. The van der Waals surface area contributed by atoms with Gasteiger partial charge < -0.3 is 14.8 Å². The van der Waals surface area contributed by atoms with E-state index in [1.807, 2.05) is 25.1 Å². The lowest BCUT2D eigenvalue weighted by atomic mass is 9.96. The van der Waals surface area contributed by atoms with Gasteiger partial charge in [-0.3, -0.25) is 9.69 Å². The molecule has 128 valence electrons. The van der Waals surface area contributed by atoms with E-state index in [9.17, 15) is 4.79 Å². The molecule has 0 atom stereocenters. The highest BCUT2D eigenvalue weighted by Crippen LogP contribution is 2.21. The van der Waals surface area contributed by atoms with E-state index in [2.05, 4.69) is 15.2 Å². The minimum atomic E-state index is -0.0742. The predicted octanol–water partition coefficient (Wildman–Crippen LogP) is 2.33. The van der Waals surface area contributed by atoms with Crippen molar-refractivity contribution >= 4 is 11.7 Å². The van der Waals surface area contributed by atoms with Gasteiger partial charge in [-0.1, -0.05) is 0 Å². The number of aryl methyl sites for hydroxylation is 1. The van der Waals surface area contributed by atoms with Crippen LogP contribution in [-0.2, 0) is 17.9 Å². The number of amides is 1. The van der Waals surface area contributed by atoms with Crippen molar-refractivity contribution in [2.75, 3.05) is 18.4 Å². The van der Waals surface area contributed by atoms with E-state index in [4.69, 9.17) is 9.52 Å². The molecule has 0 radical (unpaired) electrons. The summed E-state index contributed by atoms with van der Waals surface area (Å²) in [4.78, 5) is 18.8. The number of aromatic nitrogens is 1. The summed E-state index contributed by atoms with van der Waals surface area (Å²) in [6.45, 7) is 4.33. The van der Waals surface area contributed by atoms with E-state index in [1.54, 1.807) is 12.3 Å². The minimum absolute atomic E-state index is 0.0215. The maximum atomic E-state index is 12.4. The van der Waals surface area contributed by atoms with E-state index in [0.717, 1.165) is 37.3 Å². The van der Waals surface area contributed by atoms with Gasteiger partial charge in [0.1, 0.15) is 23.9 Å². The zero-order valence-electron chi connectivity index (χ0n) is 13.9. The van der Waals surface area contributed by atoms with Crippen LogP contribution in [0.5, 0.6) is 0 Å². The Bertz CT molecular complexity index is 690. The van der Waals surface area contributed by atoms with Crippen LogP contribution < -0.4 is 5.32 Å². The van der Waals surface area contributed by atoms with Crippen LogP contribution in [-0.4, -0.2) is 34.0 Å². The van der Waals surface area contributed by atoms with Crippen LogP contribution in [0.4, 0.5) is 5.82 Å². The summed E-state index contributed by atoms with van der Waals surface area (Å²) in [6.07, 6.45) is 3.36. The fourth-order valence-electron chi connectivity index (χ4n) is 3.00. The molecule has 0 aromatic carbocycles. The van der Waals surface area contributed by atoms with E-state index in [0.29, 0.717) is 18.1 Å². The molecule has 0 unspecified atom stereocenters. The number of anilines is 1. The summed E-state index contributed by atoms with van der Waals surface area (Å²) >= 11 is 0. The number of nitrogens with zero attached hydrogens (tertiary/aromatic N) is 2. The highest BCUT2D eigenvalue weighted by Gasteiger charge is 2.25. The molecule has 6 nitrogen and oxygen atoms in total. The smallest absolute Gasteiger partial charge is 0.228 e. The Balaban J connectivity index is 1.48. The topological polar surface area (TPSA) is 78.6 Å². The maximum Gasteiger partial charge on any atom is 0.228 e. The second-order valence-electron chi connectivity index (χ2n) is 6.28. The van der Waals surface area contributed by atoms with E-state index < -0.39 is 0 Å². The molecule has 2 aromatic heterocycles. The number of hydrogen-bond acceptors (Lipinski definition) is 5. The van der Waals surface area contributed by atoms with Gasteiger partial charge in [0, 0.05) is 12.1 Å². The lowest BCUT2D eigenvalue weighted by Gasteiger charge is -2.30. The normalized spacial score (nSPS) is 16.2. The van der Waals surface area contributed by atoms with Gasteiger partial charge >= 0.3 is 0 Å². The molecule has 1 fully saturated rings. The summed E-state index contributed by atoms with van der Waals surface area (Å²) in [5.74, 6) is 2.13. The van der Waals surface area contributed by atoms with Crippen molar-refractivity contribution in [2.24, 2.45) is 5.92 Å². The minimum Gasteiger partial charge on any atom is -0.462 e. The standard InChI is InChI=1S/C18H23N3O3/c1-13-4-7-19-17(10-13)20-18(23)14-5-8-21(9-6-14)11-15-2-3-16(12-22)24-15/h2-4,7,10,14,22H,5-6,8-9,11-12H2,1H3,(H,19,20,23). The largest absolute Gasteiger partial charge is 0.462 e. The molecule has 3 heterocycles. The van der Waals surface area contributed by atoms with Crippen molar-refractivity contribution in [2.45, 2.75) is 32.9 Å². The quantitative estimate of drug-likeness (QED) is 0.880. The van der Waals surface area contributed by atoms with Gasteiger partial charge in [-0.2, -0.15) is 0 Å². The first-order chi connectivity index (χ1) is 11.6. The molecule has 0 aliphatic carbocycles. The highest BCUT2D eigenvalue weighted by atomic mass is 16.4. The number of carbonyl (C=O) groups is 1. The monoisotopic (exact) mass is 329 g/mol. The SMILES string of the molecule is Cc1ccnc(NC(=O)C2CCN(Cc3ccc(CO)o3)CC2)c1. The second-order valence-corrected chi connectivity index (χ2v) is 6.28. The van der Waals surface area contributed by atoms with Crippen molar-refractivity contribution in [3.05, 3.63) is 47.5 Å². The van der Waals surface area contributed by atoms with Gasteiger partial charge in [0.05, 0.1) is 6.54 Å². The Labute approximate surface area is 141 Å². The third-order valence-electron chi connectivity index (χ3n) is 4.38. The van der Waals surface area contributed by atoms with Crippen LogP contribution in [0.1, 0.15) is 29.9 Å². The number of aliphatic hydroxyl groups excluding tert-OH is 1. The molecule has 0 spiro atoms. The molecule has 2 N–H and O–H groups in total. The van der Waals surface area contributed by atoms with Crippen molar-refractivity contribution < 1.29 is 14.3 Å². The zero-order valence-corrected chi connectivity index (χ0v) is 13.9. The third-order valence-corrected chi connectivity index (χ3v) is 4.38. The van der Waals surface area contributed by atoms with Gasteiger partial charge in [0.2, 0.25) is 5.91 Å². The van der Waals surface area contributed by atoms with Crippen LogP contribution in [0.15, 0.2) is 34.9 Å². The molecule has 3 rings (SSSR count). The number of likely N-dealkylation sites (tertiary alicyclic amines) is 1. The summed E-state index contributed by atoms with van der Waals surface area (Å²) < 4.78 is 5.52. The Kier molecular flexibility index (Phi) is 5.27. The van der Waals surface area contributed by atoms with Crippen molar-refractivity contribution in [3.8, 4) is 0 Å². The first-order valence-corrected chi connectivity index (χ1v) is 8.28. The number of hydrogen-bond donors (Lipinski definition) is 2. The van der Waals surface area contributed by atoms with Crippen LogP contribution in [0.25, 0.3) is 0 Å². The number of rotatable bonds is 5. The first kappa shape index (κ1) is 16.7. The zero-order chi connectivity index (χ0) is 16.9. The van der Waals surface area contributed by atoms with E-state index in [1.165, 1.54) is 0 Å². The molecule has 0 bridgehead atoms. The molecular weight excluding hydrogens is 306 g/mol. The van der Waals surface area contributed by atoms with Gasteiger partial charge in [-0.25, -0.2) is 4.98 Å². The molecular formula is C18H23N3O3. The Morgan fingerprint density at radius 1 is 1.33 bits per heavy atom. The summed E-state index contributed by atoms with van der Waals surface area (Å²) in [7, 11) is 0. The molecule has 1 aliphatic heterocycles. The average Bonchev–Trinajstić information content (AvgIpc) is 3.03. The number of aliphatic hydroxyl groups is 1.